The van der Waals surface area contributed by atoms with Crippen molar-refractivity contribution >= 4 is 21.7 Å². The fraction of sp³-hybridized carbons (Fsp3) is 0.235. The van der Waals surface area contributed by atoms with Crippen molar-refractivity contribution in [2.75, 3.05) is 0 Å². The van der Waals surface area contributed by atoms with Crippen LogP contribution in [0.5, 0.6) is 0 Å². The summed E-state index contributed by atoms with van der Waals surface area (Å²) in [7, 11) is 0. The first-order valence-corrected chi connectivity index (χ1v) is 7.38. The Kier molecular flexibility index (Phi) is 4.88. The van der Waals surface area contributed by atoms with Crippen LogP contribution in [0, 0.1) is 25.5 Å². The zero-order chi connectivity index (χ0) is 15.6. The minimum atomic E-state index is -0.704. The van der Waals surface area contributed by atoms with Gasteiger partial charge < -0.3 is 0 Å². The highest BCUT2D eigenvalue weighted by atomic mass is 79.9. The Morgan fingerprint density at radius 1 is 1.10 bits per heavy atom. The van der Waals surface area contributed by atoms with Crippen LogP contribution in [-0.4, -0.2) is 5.78 Å². The number of carbonyl (C=O) groups is 1. The summed E-state index contributed by atoms with van der Waals surface area (Å²) >= 11 is 3.01. The average molecular weight is 353 g/mol. The fourth-order valence-corrected chi connectivity index (χ4v) is 2.57. The lowest BCUT2D eigenvalue weighted by atomic mass is 9.97. The number of hydrogen-bond donors (Lipinski definition) is 0. The molecule has 0 radical (unpaired) electrons. The maximum atomic E-state index is 13.9. The van der Waals surface area contributed by atoms with E-state index < -0.39 is 11.6 Å². The largest absolute Gasteiger partial charge is 0.299 e. The summed E-state index contributed by atoms with van der Waals surface area (Å²) in [6.45, 7) is 3.86. The third-order valence-corrected chi connectivity index (χ3v) is 4.02. The summed E-state index contributed by atoms with van der Waals surface area (Å²) < 4.78 is 27.7. The van der Waals surface area contributed by atoms with Gasteiger partial charge >= 0.3 is 0 Å². The molecule has 0 heterocycles. The van der Waals surface area contributed by atoms with Crippen LogP contribution in [0.15, 0.2) is 34.8 Å². The van der Waals surface area contributed by atoms with Gasteiger partial charge in [-0.25, -0.2) is 8.78 Å². The Bertz CT molecular complexity index is 695. The van der Waals surface area contributed by atoms with Gasteiger partial charge in [-0.05, 0) is 53.0 Å². The van der Waals surface area contributed by atoms with E-state index in [1.807, 2.05) is 32.0 Å². The predicted molar refractivity (Wildman–Crippen MR) is 82.4 cm³/mol. The number of hydrogen-bond acceptors (Lipinski definition) is 1. The predicted octanol–water partition coefficient (Wildman–Crippen LogP) is 4.70. The lowest BCUT2D eigenvalue weighted by Crippen LogP contribution is -2.11. The maximum Gasteiger partial charge on any atom is 0.143 e. The summed E-state index contributed by atoms with van der Waals surface area (Å²) in [5.74, 6) is -1.60. The summed E-state index contributed by atoms with van der Waals surface area (Å²) in [5, 5.41) is 0. The standard InChI is InChI=1S/C17H15BrF2O/c1-10-3-4-11(2)12(7-10)8-13(21)9-14-16(19)6-5-15(18)17(14)20/h3-7H,8-9H2,1-2H3. The first kappa shape index (κ1) is 15.8. The first-order valence-electron chi connectivity index (χ1n) is 6.58. The molecule has 4 heteroatoms. The number of benzene rings is 2. The fourth-order valence-electron chi connectivity index (χ4n) is 2.19. The Morgan fingerprint density at radius 3 is 2.52 bits per heavy atom. The van der Waals surface area contributed by atoms with Crippen LogP contribution >= 0.6 is 15.9 Å². The molecule has 2 rings (SSSR count). The van der Waals surface area contributed by atoms with Gasteiger partial charge in [0.2, 0.25) is 0 Å². The molecule has 0 spiro atoms. The van der Waals surface area contributed by atoms with Crippen molar-refractivity contribution < 1.29 is 13.6 Å². The van der Waals surface area contributed by atoms with Crippen LogP contribution in [-0.2, 0) is 17.6 Å². The van der Waals surface area contributed by atoms with E-state index in [0.29, 0.717) is 0 Å². The van der Waals surface area contributed by atoms with E-state index in [1.54, 1.807) is 0 Å². The van der Waals surface area contributed by atoms with E-state index in [4.69, 9.17) is 0 Å². The van der Waals surface area contributed by atoms with E-state index in [2.05, 4.69) is 15.9 Å². The van der Waals surface area contributed by atoms with Gasteiger partial charge in [0.15, 0.2) is 0 Å². The number of ketones is 1. The normalized spacial score (nSPS) is 10.7. The highest BCUT2D eigenvalue weighted by Crippen LogP contribution is 2.23. The molecule has 2 aromatic rings. The molecule has 0 N–H and O–H groups in total. The van der Waals surface area contributed by atoms with Crippen LogP contribution in [0.4, 0.5) is 8.78 Å². The lowest BCUT2D eigenvalue weighted by molar-refractivity contribution is -0.117. The molecule has 0 bridgehead atoms. The molecule has 0 saturated heterocycles. The summed E-state index contributed by atoms with van der Waals surface area (Å²) in [4.78, 5) is 12.1. The second kappa shape index (κ2) is 6.48. The molecular weight excluding hydrogens is 338 g/mol. The van der Waals surface area contributed by atoms with E-state index in [0.717, 1.165) is 22.8 Å². The highest BCUT2D eigenvalue weighted by molar-refractivity contribution is 9.10. The summed E-state index contributed by atoms with van der Waals surface area (Å²) in [6, 6.07) is 8.30. The third kappa shape index (κ3) is 3.76. The van der Waals surface area contributed by atoms with Gasteiger partial charge in [-0.2, -0.15) is 0 Å². The van der Waals surface area contributed by atoms with E-state index in [9.17, 15) is 13.6 Å². The lowest BCUT2D eigenvalue weighted by Gasteiger charge is -2.08. The Hall–Kier alpha value is -1.55. The van der Waals surface area contributed by atoms with Crippen molar-refractivity contribution in [1.82, 2.24) is 0 Å². The van der Waals surface area contributed by atoms with Crippen molar-refractivity contribution in [3.05, 3.63) is 68.7 Å². The van der Waals surface area contributed by atoms with E-state index >= 15 is 0 Å². The monoisotopic (exact) mass is 352 g/mol. The number of carbonyl (C=O) groups excluding carboxylic acids is 1. The van der Waals surface area contributed by atoms with Crippen molar-refractivity contribution in [3.8, 4) is 0 Å². The van der Waals surface area contributed by atoms with Gasteiger partial charge in [0, 0.05) is 18.4 Å². The number of rotatable bonds is 4. The zero-order valence-electron chi connectivity index (χ0n) is 11.8. The number of aryl methyl sites for hydroxylation is 2. The van der Waals surface area contributed by atoms with Gasteiger partial charge in [0.05, 0.1) is 4.47 Å². The van der Waals surface area contributed by atoms with Gasteiger partial charge in [-0.3, -0.25) is 4.79 Å². The smallest absolute Gasteiger partial charge is 0.143 e. The SMILES string of the molecule is Cc1ccc(C)c(CC(=O)Cc2c(F)ccc(Br)c2F)c1. The van der Waals surface area contributed by atoms with Crippen molar-refractivity contribution in [3.63, 3.8) is 0 Å². The molecule has 21 heavy (non-hydrogen) atoms. The molecule has 0 aliphatic carbocycles. The van der Waals surface area contributed by atoms with Crippen LogP contribution in [0.1, 0.15) is 22.3 Å². The Balaban J connectivity index is 2.20. The molecule has 0 aliphatic heterocycles. The zero-order valence-corrected chi connectivity index (χ0v) is 13.4. The maximum absolute atomic E-state index is 13.9. The van der Waals surface area contributed by atoms with Crippen molar-refractivity contribution in [2.24, 2.45) is 0 Å². The number of halogens is 3. The van der Waals surface area contributed by atoms with Crippen molar-refractivity contribution in [1.29, 1.82) is 0 Å². The average Bonchev–Trinajstić information content (AvgIpc) is 2.43. The second-order valence-corrected chi connectivity index (χ2v) is 6.00. The van der Waals surface area contributed by atoms with Gasteiger partial charge in [0.25, 0.3) is 0 Å². The minimum absolute atomic E-state index is 0.165. The molecule has 0 aliphatic rings. The minimum Gasteiger partial charge on any atom is -0.299 e. The Labute approximate surface area is 131 Å². The molecule has 2 aromatic carbocycles. The highest BCUT2D eigenvalue weighted by Gasteiger charge is 2.16. The quantitative estimate of drug-likeness (QED) is 0.729. The Morgan fingerprint density at radius 2 is 1.81 bits per heavy atom. The molecule has 0 fully saturated rings. The summed E-state index contributed by atoms with van der Waals surface area (Å²) in [6.07, 6.45) is -0.0661. The molecule has 110 valence electrons. The van der Waals surface area contributed by atoms with Crippen LogP contribution in [0.2, 0.25) is 0 Å². The van der Waals surface area contributed by atoms with Gasteiger partial charge in [-0.15, -0.1) is 0 Å². The molecule has 0 saturated carbocycles. The van der Waals surface area contributed by atoms with Gasteiger partial charge in [-0.1, -0.05) is 23.8 Å². The van der Waals surface area contributed by atoms with Crippen LogP contribution in [0.25, 0.3) is 0 Å². The molecule has 1 nitrogen and oxygen atoms in total. The molecule has 0 unspecified atom stereocenters. The van der Waals surface area contributed by atoms with E-state index in [-0.39, 0.29) is 28.7 Å². The summed E-state index contributed by atoms with van der Waals surface area (Å²) in [5.41, 5.74) is 2.78. The molecule has 0 amide bonds. The van der Waals surface area contributed by atoms with E-state index in [1.165, 1.54) is 6.07 Å². The first-order chi connectivity index (χ1) is 9.88. The number of Topliss-reactive ketones (excluding diaryl/α,β-unsaturated/α-hetero) is 1. The molecular formula is C17H15BrF2O. The van der Waals surface area contributed by atoms with Crippen molar-refractivity contribution in [2.45, 2.75) is 26.7 Å². The van der Waals surface area contributed by atoms with Crippen LogP contribution < -0.4 is 0 Å². The molecule has 0 atom stereocenters. The second-order valence-electron chi connectivity index (χ2n) is 5.14. The van der Waals surface area contributed by atoms with Gasteiger partial charge in [0.1, 0.15) is 17.4 Å². The topological polar surface area (TPSA) is 17.1 Å². The van der Waals surface area contributed by atoms with Crippen LogP contribution in [0.3, 0.4) is 0 Å². The third-order valence-electron chi connectivity index (χ3n) is 3.41. The molecule has 0 aromatic heterocycles.